The average Bonchev–Trinajstić information content (AvgIpc) is 2.99. The fourth-order valence-corrected chi connectivity index (χ4v) is 4.76. The van der Waals surface area contributed by atoms with E-state index in [1.54, 1.807) is 17.4 Å². The number of aromatic nitrogens is 1. The summed E-state index contributed by atoms with van der Waals surface area (Å²) in [5.41, 5.74) is 9.56. The van der Waals surface area contributed by atoms with Gasteiger partial charge in [-0.15, -0.1) is 11.3 Å². The van der Waals surface area contributed by atoms with Gasteiger partial charge >= 0.3 is 0 Å². The Labute approximate surface area is 128 Å². The molecule has 2 nitrogen and oxygen atoms in total. The number of benzene rings is 1. The highest BCUT2D eigenvalue weighted by molar-refractivity contribution is 7.12. The molecule has 110 valence electrons. The summed E-state index contributed by atoms with van der Waals surface area (Å²) in [4.78, 5) is 6.10. The molecule has 0 bridgehead atoms. The Morgan fingerprint density at radius 1 is 1.33 bits per heavy atom. The topological polar surface area (TPSA) is 38.9 Å². The molecule has 1 aromatic carbocycles. The smallest absolute Gasteiger partial charge is 0.123 e. The molecule has 0 amide bonds. The van der Waals surface area contributed by atoms with E-state index in [9.17, 15) is 4.39 Å². The van der Waals surface area contributed by atoms with Gasteiger partial charge in [-0.3, -0.25) is 0 Å². The first-order valence-corrected chi connectivity index (χ1v) is 8.45. The van der Waals surface area contributed by atoms with Crippen molar-refractivity contribution < 1.29 is 4.39 Å². The summed E-state index contributed by atoms with van der Waals surface area (Å²) in [6.45, 7) is 2.30. The highest BCUT2D eigenvalue weighted by Gasteiger charge is 2.36. The van der Waals surface area contributed by atoms with E-state index >= 15 is 0 Å². The van der Waals surface area contributed by atoms with Crippen LogP contribution in [0.1, 0.15) is 48.1 Å². The third-order valence-electron chi connectivity index (χ3n) is 4.96. The molecule has 0 radical (unpaired) electrons. The monoisotopic (exact) mass is 302 g/mol. The molecule has 0 spiro atoms. The van der Waals surface area contributed by atoms with E-state index in [2.05, 4.69) is 6.92 Å². The summed E-state index contributed by atoms with van der Waals surface area (Å²) in [6.07, 6.45) is 5.21. The molecule has 4 rings (SSSR count). The van der Waals surface area contributed by atoms with Crippen molar-refractivity contribution in [1.29, 1.82) is 0 Å². The lowest BCUT2D eigenvalue weighted by atomic mass is 9.78. The quantitative estimate of drug-likeness (QED) is 0.731. The van der Waals surface area contributed by atoms with Gasteiger partial charge in [0, 0.05) is 16.9 Å². The Hall–Kier alpha value is -1.26. The van der Waals surface area contributed by atoms with E-state index in [-0.39, 0.29) is 11.4 Å². The van der Waals surface area contributed by atoms with E-state index in [4.69, 9.17) is 10.7 Å². The Balaban J connectivity index is 1.70. The number of thiazole rings is 1. The number of halogens is 1. The predicted octanol–water partition coefficient (Wildman–Crippen LogP) is 4.22. The van der Waals surface area contributed by atoms with Gasteiger partial charge in [0.1, 0.15) is 10.8 Å². The Morgan fingerprint density at radius 2 is 2.10 bits per heavy atom. The lowest BCUT2D eigenvalue weighted by molar-refractivity contribution is 0.247. The predicted molar refractivity (Wildman–Crippen MR) is 83.8 cm³/mol. The molecule has 2 aromatic rings. The van der Waals surface area contributed by atoms with Crippen molar-refractivity contribution in [1.82, 2.24) is 4.98 Å². The molecule has 1 fully saturated rings. The number of hydrogen-bond donors (Lipinski definition) is 1. The van der Waals surface area contributed by atoms with Crippen molar-refractivity contribution >= 4 is 11.3 Å². The highest BCUT2D eigenvalue weighted by Crippen LogP contribution is 2.45. The van der Waals surface area contributed by atoms with Crippen LogP contribution in [0.2, 0.25) is 0 Å². The molecule has 2 N–H and O–H groups in total. The van der Waals surface area contributed by atoms with Crippen LogP contribution in [0.3, 0.4) is 0 Å². The van der Waals surface area contributed by atoms with Crippen molar-refractivity contribution in [3.63, 3.8) is 0 Å². The van der Waals surface area contributed by atoms with Crippen molar-refractivity contribution in [2.75, 3.05) is 0 Å². The first-order valence-electron chi connectivity index (χ1n) is 7.63. The molecule has 1 aromatic heterocycles. The molecular weight excluding hydrogens is 283 g/mol. The van der Waals surface area contributed by atoms with Crippen molar-refractivity contribution in [3.8, 4) is 11.3 Å². The maximum Gasteiger partial charge on any atom is 0.123 e. The van der Waals surface area contributed by atoms with Crippen molar-refractivity contribution in [2.24, 2.45) is 11.7 Å². The number of nitrogens with zero attached hydrogens (tertiary/aromatic N) is 1. The SMILES string of the molecule is CC1CCC(N)(c2nc3c(s2)Cc2cc(F)ccc2-3)CC1. The molecule has 1 heterocycles. The first-order chi connectivity index (χ1) is 10.0. The maximum atomic E-state index is 13.3. The number of rotatable bonds is 1. The Morgan fingerprint density at radius 3 is 2.86 bits per heavy atom. The normalized spacial score (nSPS) is 27.5. The number of nitrogens with two attached hydrogens (primary N) is 1. The maximum absolute atomic E-state index is 13.3. The van der Waals surface area contributed by atoms with Crippen LogP contribution in [-0.4, -0.2) is 4.98 Å². The van der Waals surface area contributed by atoms with Crippen LogP contribution < -0.4 is 5.73 Å². The summed E-state index contributed by atoms with van der Waals surface area (Å²) in [6, 6.07) is 5.00. The third kappa shape index (κ3) is 2.12. The average molecular weight is 302 g/mol. The minimum atomic E-state index is -0.248. The molecule has 0 unspecified atom stereocenters. The van der Waals surface area contributed by atoms with E-state index in [0.29, 0.717) is 0 Å². The van der Waals surface area contributed by atoms with Gasteiger partial charge in [-0.05, 0) is 55.4 Å². The second-order valence-electron chi connectivity index (χ2n) is 6.61. The van der Waals surface area contributed by atoms with Gasteiger partial charge < -0.3 is 5.73 Å². The molecule has 21 heavy (non-hydrogen) atoms. The van der Waals surface area contributed by atoms with Gasteiger partial charge in [-0.25, -0.2) is 9.37 Å². The lowest BCUT2D eigenvalue weighted by Gasteiger charge is -2.34. The summed E-state index contributed by atoms with van der Waals surface area (Å²) in [7, 11) is 0. The van der Waals surface area contributed by atoms with Crippen LogP contribution in [-0.2, 0) is 12.0 Å². The van der Waals surface area contributed by atoms with Crippen LogP contribution in [0.5, 0.6) is 0 Å². The molecular formula is C17H19FN2S. The van der Waals surface area contributed by atoms with Gasteiger partial charge in [0.25, 0.3) is 0 Å². The summed E-state index contributed by atoms with van der Waals surface area (Å²) in [5, 5.41) is 1.08. The Bertz CT molecular complexity index is 699. The molecule has 4 heteroatoms. The molecule has 2 aliphatic carbocycles. The van der Waals surface area contributed by atoms with E-state index in [0.717, 1.165) is 47.0 Å². The second-order valence-corrected chi connectivity index (χ2v) is 7.69. The van der Waals surface area contributed by atoms with Crippen LogP contribution in [0.25, 0.3) is 11.3 Å². The standard InChI is InChI=1S/C17H19FN2S/c1-10-4-6-17(19,7-5-10)16-20-15-13-3-2-12(18)8-11(13)9-14(15)21-16/h2-3,8,10H,4-7,9,19H2,1H3. The van der Waals surface area contributed by atoms with Gasteiger partial charge in [-0.1, -0.05) is 6.92 Å². The number of fused-ring (bicyclic) bond motifs is 3. The van der Waals surface area contributed by atoms with Crippen LogP contribution in [0.4, 0.5) is 4.39 Å². The zero-order valence-corrected chi connectivity index (χ0v) is 13.0. The highest BCUT2D eigenvalue weighted by atomic mass is 32.1. The van der Waals surface area contributed by atoms with Gasteiger partial charge in [0.15, 0.2) is 0 Å². The van der Waals surface area contributed by atoms with Crippen molar-refractivity contribution in [3.05, 3.63) is 39.5 Å². The zero-order valence-electron chi connectivity index (χ0n) is 12.2. The lowest BCUT2D eigenvalue weighted by Crippen LogP contribution is -2.40. The van der Waals surface area contributed by atoms with Gasteiger partial charge in [0.05, 0.1) is 11.2 Å². The molecule has 1 saturated carbocycles. The summed E-state index contributed by atoms with van der Waals surface area (Å²) < 4.78 is 13.3. The van der Waals surface area contributed by atoms with Gasteiger partial charge in [0.2, 0.25) is 0 Å². The summed E-state index contributed by atoms with van der Waals surface area (Å²) >= 11 is 1.73. The largest absolute Gasteiger partial charge is 0.319 e. The minimum Gasteiger partial charge on any atom is -0.319 e. The fourth-order valence-electron chi connectivity index (χ4n) is 3.50. The third-order valence-corrected chi connectivity index (χ3v) is 6.24. The van der Waals surface area contributed by atoms with Crippen LogP contribution in [0.15, 0.2) is 18.2 Å². The van der Waals surface area contributed by atoms with E-state index in [1.165, 1.54) is 23.8 Å². The summed E-state index contributed by atoms with van der Waals surface area (Å²) in [5.74, 6) is 0.609. The van der Waals surface area contributed by atoms with E-state index < -0.39 is 0 Å². The Kier molecular flexibility index (Phi) is 2.95. The zero-order chi connectivity index (χ0) is 14.6. The molecule has 0 saturated heterocycles. The van der Waals surface area contributed by atoms with Crippen LogP contribution in [0, 0.1) is 11.7 Å². The van der Waals surface area contributed by atoms with Crippen LogP contribution >= 0.6 is 11.3 Å². The minimum absolute atomic E-state index is 0.166. The number of hydrogen-bond acceptors (Lipinski definition) is 3. The van der Waals surface area contributed by atoms with Crippen molar-refractivity contribution in [2.45, 2.75) is 44.6 Å². The first kappa shape index (κ1) is 13.4. The fraction of sp³-hybridized carbons (Fsp3) is 0.471. The molecule has 2 aliphatic rings. The molecule has 0 aliphatic heterocycles. The second kappa shape index (κ2) is 4.62. The molecule has 0 atom stereocenters. The van der Waals surface area contributed by atoms with E-state index in [1.807, 2.05) is 6.07 Å². The van der Waals surface area contributed by atoms with Gasteiger partial charge in [-0.2, -0.15) is 0 Å².